The third-order valence-electron chi connectivity index (χ3n) is 6.49. The Morgan fingerprint density at radius 1 is 0.974 bits per heavy atom. The molecular formula is C31H49N3O5. The third-order valence-corrected chi connectivity index (χ3v) is 6.49. The van der Waals surface area contributed by atoms with Crippen LogP contribution in [0.15, 0.2) is 36.4 Å². The van der Waals surface area contributed by atoms with Crippen LogP contribution in [0.25, 0.3) is 6.08 Å². The monoisotopic (exact) mass is 543 g/mol. The Labute approximate surface area is 234 Å². The number of rotatable bonds is 14. The number of carbonyl (C=O) groups excluding carboxylic acids is 3. The first-order chi connectivity index (χ1) is 18.6. The van der Waals surface area contributed by atoms with E-state index in [4.69, 9.17) is 9.57 Å². The summed E-state index contributed by atoms with van der Waals surface area (Å²) in [4.78, 5) is 45.8. The zero-order valence-electron chi connectivity index (χ0n) is 24.7. The van der Waals surface area contributed by atoms with Gasteiger partial charge in [-0.3, -0.25) is 24.8 Å². The molecule has 1 heterocycles. The number of hydrazine groups is 1. The molecule has 0 bridgehead atoms. The number of allylic oxidation sites excluding steroid dienone is 1. The average Bonchev–Trinajstić information content (AvgIpc) is 2.88. The molecule has 0 saturated carbocycles. The van der Waals surface area contributed by atoms with Crippen LogP contribution >= 0.6 is 0 Å². The summed E-state index contributed by atoms with van der Waals surface area (Å²) in [7, 11) is 0. The molecule has 1 aromatic carbocycles. The normalized spacial score (nSPS) is 17.4. The second-order valence-electron chi connectivity index (χ2n) is 11.7. The van der Waals surface area contributed by atoms with Gasteiger partial charge >= 0.3 is 0 Å². The number of ether oxygens (including phenoxy) is 1. The second kappa shape index (κ2) is 17.1. The van der Waals surface area contributed by atoms with Gasteiger partial charge in [0.15, 0.2) is 6.29 Å². The van der Waals surface area contributed by atoms with Crippen LogP contribution in [0.2, 0.25) is 0 Å². The lowest BCUT2D eigenvalue weighted by Crippen LogP contribution is -2.52. The van der Waals surface area contributed by atoms with E-state index in [0.717, 1.165) is 18.4 Å². The standard InChI is InChI=1S/C31H49N3O5/c1-22(2)19-27(30(36)32-34(21-24(5)6)28(35)20-23(3)4)26(16-12-15-25-13-8-7-9-14-25)31(37)33-39-29-17-10-11-18-38-29/h7-9,12-15,22-24,26-27,29H,10-11,16-21H2,1-6H3,(H,32,36)(H,33,37)/b15-12+/t26-,27+,29?/m0/s1. The van der Waals surface area contributed by atoms with Gasteiger partial charge in [0.05, 0.1) is 11.8 Å². The summed E-state index contributed by atoms with van der Waals surface area (Å²) in [5.74, 6) is -1.70. The highest BCUT2D eigenvalue weighted by Gasteiger charge is 2.35. The minimum absolute atomic E-state index is 0.127. The Balaban J connectivity index is 2.27. The summed E-state index contributed by atoms with van der Waals surface area (Å²) in [6.45, 7) is 13.0. The van der Waals surface area contributed by atoms with Crippen molar-refractivity contribution in [2.24, 2.45) is 29.6 Å². The fourth-order valence-electron chi connectivity index (χ4n) is 4.58. The van der Waals surface area contributed by atoms with Gasteiger partial charge in [0, 0.05) is 26.0 Å². The molecule has 0 radical (unpaired) electrons. The maximum Gasteiger partial charge on any atom is 0.247 e. The van der Waals surface area contributed by atoms with E-state index in [9.17, 15) is 14.4 Å². The first-order valence-electron chi connectivity index (χ1n) is 14.5. The van der Waals surface area contributed by atoms with Crippen LogP contribution in [0.3, 0.4) is 0 Å². The summed E-state index contributed by atoms with van der Waals surface area (Å²) in [6, 6.07) is 9.82. The number of hydroxylamine groups is 1. The zero-order chi connectivity index (χ0) is 28.8. The van der Waals surface area contributed by atoms with E-state index in [0.29, 0.717) is 38.8 Å². The van der Waals surface area contributed by atoms with Gasteiger partial charge in [0.25, 0.3) is 0 Å². The minimum atomic E-state index is -0.697. The van der Waals surface area contributed by atoms with Gasteiger partial charge in [-0.25, -0.2) is 10.3 Å². The number of hydrogen-bond acceptors (Lipinski definition) is 5. The fraction of sp³-hybridized carbons (Fsp3) is 0.645. The Morgan fingerprint density at radius 3 is 2.28 bits per heavy atom. The first-order valence-corrected chi connectivity index (χ1v) is 14.5. The Kier molecular flexibility index (Phi) is 14.2. The van der Waals surface area contributed by atoms with Crippen LogP contribution in [-0.2, 0) is 24.0 Å². The molecule has 8 nitrogen and oxygen atoms in total. The molecule has 39 heavy (non-hydrogen) atoms. The lowest BCUT2D eigenvalue weighted by atomic mass is 9.82. The molecule has 218 valence electrons. The topological polar surface area (TPSA) is 97.0 Å². The maximum atomic E-state index is 13.8. The molecule has 0 spiro atoms. The number of amides is 3. The van der Waals surface area contributed by atoms with Crippen LogP contribution in [0.5, 0.6) is 0 Å². The molecule has 1 aliphatic heterocycles. The lowest BCUT2D eigenvalue weighted by Gasteiger charge is -2.31. The van der Waals surface area contributed by atoms with Crippen molar-refractivity contribution >= 4 is 23.8 Å². The molecule has 1 aliphatic rings. The van der Waals surface area contributed by atoms with Crippen molar-refractivity contribution in [2.45, 2.75) is 86.4 Å². The Bertz CT molecular complexity index is 910. The number of benzene rings is 1. The second-order valence-corrected chi connectivity index (χ2v) is 11.7. The van der Waals surface area contributed by atoms with Crippen LogP contribution in [0.1, 0.15) is 85.6 Å². The van der Waals surface area contributed by atoms with Crippen LogP contribution in [-0.4, -0.2) is 42.2 Å². The summed E-state index contributed by atoms with van der Waals surface area (Å²) in [6.07, 6.45) is 7.19. The Hall–Kier alpha value is -2.71. The van der Waals surface area contributed by atoms with E-state index in [-0.39, 0.29) is 35.5 Å². The molecule has 3 amide bonds. The summed E-state index contributed by atoms with van der Waals surface area (Å²) in [5.41, 5.74) is 6.48. The van der Waals surface area contributed by atoms with E-state index in [2.05, 4.69) is 10.9 Å². The molecule has 0 aromatic heterocycles. The van der Waals surface area contributed by atoms with Gasteiger partial charge in [-0.15, -0.1) is 0 Å². The molecule has 0 aliphatic carbocycles. The molecule has 1 saturated heterocycles. The van der Waals surface area contributed by atoms with Crippen LogP contribution in [0.4, 0.5) is 0 Å². The molecule has 8 heteroatoms. The van der Waals surface area contributed by atoms with Gasteiger partial charge < -0.3 is 4.74 Å². The van der Waals surface area contributed by atoms with E-state index < -0.39 is 18.1 Å². The molecule has 1 aromatic rings. The number of hydrogen-bond donors (Lipinski definition) is 2. The number of nitrogens with one attached hydrogen (secondary N) is 2. The molecule has 2 rings (SSSR count). The third kappa shape index (κ3) is 12.3. The molecular weight excluding hydrogens is 494 g/mol. The Morgan fingerprint density at radius 2 is 1.69 bits per heavy atom. The maximum absolute atomic E-state index is 13.8. The van der Waals surface area contributed by atoms with Crippen LogP contribution < -0.4 is 10.9 Å². The van der Waals surface area contributed by atoms with Crippen molar-refractivity contribution in [1.82, 2.24) is 15.9 Å². The molecule has 1 fully saturated rings. The van der Waals surface area contributed by atoms with E-state index in [1.165, 1.54) is 5.01 Å². The molecule has 1 unspecified atom stereocenters. The summed E-state index contributed by atoms with van der Waals surface area (Å²) in [5, 5.41) is 1.43. The zero-order valence-corrected chi connectivity index (χ0v) is 24.7. The fourth-order valence-corrected chi connectivity index (χ4v) is 4.58. The van der Waals surface area contributed by atoms with Crippen LogP contribution in [0, 0.1) is 29.6 Å². The predicted molar refractivity (Wildman–Crippen MR) is 153 cm³/mol. The van der Waals surface area contributed by atoms with Crippen molar-refractivity contribution in [3.8, 4) is 0 Å². The van der Waals surface area contributed by atoms with Crippen molar-refractivity contribution in [3.05, 3.63) is 42.0 Å². The number of nitrogens with zero attached hydrogens (tertiary/aromatic N) is 1. The largest absolute Gasteiger partial charge is 0.350 e. The lowest BCUT2D eigenvalue weighted by molar-refractivity contribution is -0.203. The highest BCUT2D eigenvalue weighted by atomic mass is 16.8. The van der Waals surface area contributed by atoms with Gasteiger partial charge in [0.1, 0.15) is 0 Å². The number of carbonyl (C=O) groups is 3. The van der Waals surface area contributed by atoms with Crippen molar-refractivity contribution in [1.29, 1.82) is 0 Å². The predicted octanol–water partition coefficient (Wildman–Crippen LogP) is 5.50. The highest BCUT2D eigenvalue weighted by molar-refractivity contribution is 5.89. The van der Waals surface area contributed by atoms with Gasteiger partial charge in [-0.1, -0.05) is 84.0 Å². The first kappa shape index (κ1) is 32.5. The van der Waals surface area contributed by atoms with Crippen molar-refractivity contribution in [2.75, 3.05) is 13.2 Å². The van der Waals surface area contributed by atoms with E-state index in [1.54, 1.807) is 0 Å². The highest BCUT2D eigenvalue weighted by Crippen LogP contribution is 2.26. The average molecular weight is 544 g/mol. The van der Waals surface area contributed by atoms with E-state index in [1.807, 2.05) is 84.0 Å². The van der Waals surface area contributed by atoms with Gasteiger partial charge in [-0.2, -0.15) is 0 Å². The summed E-state index contributed by atoms with van der Waals surface area (Å²) >= 11 is 0. The SMILES string of the molecule is CC(C)CC(=O)N(CC(C)C)NC(=O)[C@H](CC(C)C)[C@H](C/C=C/c1ccccc1)C(=O)NOC1CCCCO1. The van der Waals surface area contributed by atoms with Gasteiger partial charge in [-0.05, 0) is 49.0 Å². The van der Waals surface area contributed by atoms with Crippen molar-refractivity contribution < 1.29 is 24.0 Å². The quantitative estimate of drug-likeness (QED) is 0.302. The molecule has 2 N–H and O–H groups in total. The smallest absolute Gasteiger partial charge is 0.247 e. The summed E-state index contributed by atoms with van der Waals surface area (Å²) < 4.78 is 5.59. The molecule has 3 atom stereocenters. The minimum Gasteiger partial charge on any atom is -0.350 e. The van der Waals surface area contributed by atoms with Gasteiger partial charge in [0.2, 0.25) is 17.7 Å². The van der Waals surface area contributed by atoms with Crippen molar-refractivity contribution in [3.63, 3.8) is 0 Å². The van der Waals surface area contributed by atoms with E-state index >= 15 is 0 Å².